The van der Waals surface area contributed by atoms with Crippen LogP contribution in [0.2, 0.25) is 10.0 Å². The highest BCUT2D eigenvalue weighted by Crippen LogP contribution is 2.30. The Kier molecular flexibility index (Phi) is 12.3. The second-order valence-corrected chi connectivity index (χ2v) is 15.5. The van der Waals surface area contributed by atoms with Gasteiger partial charge in [0, 0.05) is 15.8 Å². The molecule has 250 valence electrons. The highest BCUT2D eigenvalue weighted by molar-refractivity contribution is 7.91. The maximum absolute atomic E-state index is 13.5. The van der Waals surface area contributed by atoms with Gasteiger partial charge in [-0.3, -0.25) is 4.79 Å². The third-order valence-electron chi connectivity index (χ3n) is 6.86. The molecular weight excluding hydrogens is 683 g/mol. The molecule has 1 aromatic heterocycles. The molecule has 3 aromatic carbocycles. The number of esters is 1. The topological polar surface area (TPSA) is 121 Å². The van der Waals surface area contributed by atoms with E-state index >= 15 is 0 Å². The summed E-state index contributed by atoms with van der Waals surface area (Å²) in [4.78, 5) is 30.3. The van der Waals surface area contributed by atoms with Crippen LogP contribution in [0.1, 0.15) is 60.7 Å². The van der Waals surface area contributed by atoms with Gasteiger partial charge in [-0.15, -0.1) is 11.3 Å². The van der Waals surface area contributed by atoms with Crippen LogP contribution < -0.4 is 14.8 Å². The van der Waals surface area contributed by atoms with E-state index in [9.17, 15) is 18.0 Å². The van der Waals surface area contributed by atoms with Gasteiger partial charge in [0.05, 0.1) is 39.2 Å². The van der Waals surface area contributed by atoms with Gasteiger partial charge < -0.3 is 19.5 Å². The zero-order chi connectivity index (χ0) is 34.2. The Balaban J connectivity index is 1.49. The van der Waals surface area contributed by atoms with E-state index in [0.29, 0.717) is 23.6 Å². The van der Waals surface area contributed by atoms with Crippen LogP contribution in [0.25, 0.3) is 0 Å². The van der Waals surface area contributed by atoms with Gasteiger partial charge in [0.25, 0.3) is 5.91 Å². The number of aryl methyl sites for hydroxylation is 1. The number of thiazole rings is 1. The van der Waals surface area contributed by atoms with Crippen LogP contribution in [-0.4, -0.2) is 44.2 Å². The molecule has 13 heteroatoms. The number of halogens is 2. The first-order valence-electron chi connectivity index (χ1n) is 14.8. The summed E-state index contributed by atoms with van der Waals surface area (Å²) in [5.74, 6) is -0.525. The molecule has 4 rings (SSSR count). The number of carbonyl (C=O) groups excluding carboxylic acids is 2. The molecule has 9 nitrogen and oxygen atoms in total. The van der Waals surface area contributed by atoms with E-state index in [2.05, 4.69) is 31.1 Å². The fourth-order valence-corrected chi connectivity index (χ4v) is 6.92. The molecule has 0 radical (unpaired) electrons. The summed E-state index contributed by atoms with van der Waals surface area (Å²) in [6.45, 7) is 8.01. The molecule has 0 aliphatic heterocycles. The molecular formula is C34H36Cl2N2O7S2. The average Bonchev–Trinajstić information content (AvgIpc) is 3.51. The highest BCUT2D eigenvalue weighted by Gasteiger charge is 2.20. The number of nitrogens with one attached hydrogen (secondary N) is 1. The maximum Gasteiger partial charge on any atom is 0.344 e. The van der Waals surface area contributed by atoms with Crippen LogP contribution in [0.5, 0.6) is 11.5 Å². The first-order valence-corrected chi connectivity index (χ1v) is 18.1. The van der Waals surface area contributed by atoms with E-state index in [0.717, 1.165) is 16.3 Å². The molecule has 0 spiro atoms. The smallest absolute Gasteiger partial charge is 0.344 e. The number of hydrogen-bond donors (Lipinski definition) is 1. The van der Waals surface area contributed by atoms with Crippen molar-refractivity contribution < 1.29 is 32.2 Å². The predicted octanol–water partition coefficient (Wildman–Crippen LogP) is 7.93. The first-order chi connectivity index (χ1) is 22.2. The van der Waals surface area contributed by atoms with Gasteiger partial charge in [-0.1, -0.05) is 50.0 Å². The Morgan fingerprint density at radius 2 is 1.72 bits per heavy atom. The van der Waals surface area contributed by atoms with Crippen LogP contribution in [0.4, 0.5) is 5.69 Å². The summed E-state index contributed by atoms with van der Waals surface area (Å²) in [5.41, 5.74) is 2.08. The van der Waals surface area contributed by atoms with Crippen LogP contribution >= 0.6 is 34.5 Å². The molecule has 4 aromatic rings. The van der Waals surface area contributed by atoms with Crippen molar-refractivity contribution in [2.75, 3.05) is 24.3 Å². The third kappa shape index (κ3) is 10.4. The number of aromatic nitrogens is 1. The second kappa shape index (κ2) is 16.0. The minimum absolute atomic E-state index is 0.0778. The van der Waals surface area contributed by atoms with Crippen LogP contribution in [0, 0.1) is 0 Å². The fourth-order valence-electron chi connectivity index (χ4n) is 4.35. The molecule has 0 fully saturated rings. The van der Waals surface area contributed by atoms with Crippen molar-refractivity contribution in [3.8, 4) is 11.5 Å². The third-order valence-corrected chi connectivity index (χ3v) is 10.1. The number of nitrogens with zero attached hydrogens (tertiary/aromatic N) is 1. The van der Waals surface area contributed by atoms with Gasteiger partial charge in [0.1, 0.15) is 23.1 Å². The molecule has 0 atom stereocenters. The summed E-state index contributed by atoms with van der Waals surface area (Å²) >= 11 is 13.8. The van der Waals surface area contributed by atoms with Crippen LogP contribution in [0.15, 0.2) is 70.9 Å². The predicted molar refractivity (Wildman–Crippen MR) is 185 cm³/mol. The monoisotopic (exact) mass is 718 g/mol. The molecule has 0 saturated heterocycles. The molecule has 0 unspecified atom stereocenters. The largest absolute Gasteiger partial charge is 0.486 e. The molecule has 0 saturated carbocycles. The van der Waals surface area contributed by atoms with Crippen molar-refractivity contribution in [3.05, 3.63) is 97.9 Å². The summed E-state index contributed by atoms with van der Waals surface area (Å²) in [6.07, 6.45) is 0.717. The number of rotatable bonds is 14. The molecule has 0 bridgehead atoms. The Morgan fingerprint density at radius 1 is 0.979 bits per heavy atom. The number of anilines is 1. The number of hydrogen-bond acceptors (Lipinski definition) is 9. The molecule has 1 amide bonds. The van der Waals surface area contributed by atoms with Gasteiger partial charge in [0.15, 0.2) is 16.4 Å². The fraction of sp³-hybridized carbons (Fsp3) is 0.324. The maximum atomic E-state index is 13.5. The van der Waals surface area contributed by atoms with E-state index in [1.807, 2.05) is 5.38 Å². The average molecular weight is 720 g/mol. The Labute approximate surface area is 289 Å². The van der Waals surface area contributed by atoms with Crippen molar-refractivity contribution in [3.63, 3.8) is 0 Å². The highest BCUT2D eigenvalue weighted by atomic mass is 35.5. The number of carbonyl (C=O) groups is 2. The lowest BCUT2D eigenvalue weighted by molar-refractivity contribution is -0.145. The molecule has 1 heterocycles. The number of benzene rings is 3. The van der Waals surface area contributed by atoms with E-state index in [-0.39, 0.29) is 57.9 Å². The van der Waals surface area contributed by atoms with E-state index in [4.69, 9.17) is 37.4 Å². The zero-order valence-corrected chi connectivity index (χ0v) is 29.6. The van der Waals surface area contributed by atoms with Crippen molar-refractivity contribution in [1.82, 2.24) is 4.98 Å². The van der Waals surface area contributed by atoms with Gasteiger partial charge in [-0.05, 0) is 79.9 Å². The molecule has 47 heavy (non-hydrogen) atoms. The minimum atomic E-state index is -3.52. The summed E-state index contributed by atoms with van der Waals surface area (Å²) in [7, 11) is -3.52. The number of amides is 1. The van der Waals surface area contributed by atoms with Crippen molar-refractivity contribution in [1.29, 1.82) is 0 Å². The Hall–Kier alpha value is -3.64. The summed E-state index contributed by atoms with van der Waals surface area (Å²) in [5, 5.41) is 6.29. The van der Waals surface area contributed by atoms with Gasteiger partial charge in [0.2, 0.25) is 0 Å². The second-order valence-electron chi connectivity index (χ2n) is 11.6. The molecule has 0 aliphatic carbocycles. The molecule has 1 N–H and O–H groups in total. The summed E-state index contributed by atoms with van der Waals surface area (Å²) in [6, 6.07) is 15.9. The minimum Gasteiger partial charge on any atom is -0.486 e. The number of ether oxygens (including phenoxy) is 3. The van der Waals surface area contributed by atoms with Gasteiger partial charge in [-0.2, -0.15) is 0 Å². The SMILES string of the molecule is CCOC(=O)COc1ccc(CCCS(=O)(=O)c2ccc(Cl)cc2)cc1NC(=O)c1cc(OCc2nc(C(C)(C)C)cs2)ccc1Cl. The van der Waals surface area contributed by atoms with Gasteiger partial charge in [-0.25, -0.2) is 18.2 Å². The van der Waals surface area contributed by atoms with E-state index < -0.39 is 21.7 Å². The van der Waals surface area contributed by atoms with Crippen molar-refractivity contribution in [2.45, 2.75) is 57.5 Å². The van der Waals surface area contributed by atoms with Gasteiger partial charge >= 0.3 is 5.97 Å². The summed E-state index contributed by atoms with van der Waals surface area (Å²) < 4.78 is 42.2. The van der Waals surface area contributed by atoms with Crippen LogP contribution in [-0.2, 0) is 37.8 Å². The van der Waals surface area contributed by atoms with E-state index in [1.54, 1.807) is 43.3 Å². The quantitative estimate of drug-likeness (QED) is 0.131. The lowest BCUT2D eigenvalue weighted by atomic mass is 9.93. The first kappa shape index (κ1) is 36.2. The lowest BCUT2D eigenvalue weighted by Crippen LogP contribution is -2.17. The van der Waals surface area contributed by atoms with Crippen molar-refractivity contribution in [2.24, 2.45) is 0 Å². The Morgan fingerprint density at radius 3 is 2.40 bits per heavy atom. The lowest BCUT2D eigenvalue weighted by Gasteiger charge is -2.15. The zero-order valence-electron chi connectivity index (χ0n) is 26.5. The van der Waals surface area contributed by atoms with Crippen LogP contribution in [0.3, 0.4) is 0 Å². The van der Waals surface area contributed by atoms with Crippen molar-refractivity contribution >= 4 is 61.9 Å². The normalized spacial score (nSPS) is 11.6. The standard InChI is InChI=1S/C34H36Cl2N2O7S2/c1-5-43-32(39)20-45-29-15-8-22(7-6-16-47(41,42)25-12-9-23(35)10-13-25)17-28(29)37-33(40)26-18-24(11-14-27(26)36)44-19-31-38-30(21-46-31)34(2,3)4/h8-15,17-18,21H,5-7,16,19-20H2,1-4H3,(H,37,40). The Bertz CT molecular complexity index is 1820. The number of sulfone groups is 1. The van der Waals surface area contributed by atoms with E-state index in [1.165, 1.54) is 35.6 Å². The molecule has 0 aliphatic rings.